The largest absolute Gasteiger partial charge is 0.497 e. The molecule has 0 aromatic heterocycles. The highest BCUT2D eigenvalue weighted by atomic mass is 32.2. The van der Waals surface area contributed by atoms with Crippen molar-refractivity contribution in [3.05, 3.63) is 48.0 Å². The van der Waals surface area contributed by atoms with Crippen LogP contribution in [0.4, 0.5) is 5.69 Å². The van der Waals surface area contributed by atoms with Crippen molar-refractivity contribution in [2.45, 2.75) is 11.3 Å². The Bertz CT molecular complexity index is 973. The van der Waals surface area contributed by atoms with E-state index < -0.39 is 16.0 Å². The molecule has 0 heterocycles. The van der Waals surface area contributed by atoms with Gasteiger partial charge < -0.3 is 19.5 Å². The number of amides is 1. The third kappa shape index (κ3) is 6.11. The number of anilines is 1. The van der Waals surface area contributed by atoms with Crippen molar-refractivity contribution in [2.75, 3.05) is 32.6 Å². The van der Waals surface area contributed by atoms with E-state index in [-0.39, 0.29) is 29.5 Å². The molecule has 2 rings (SSSR count). The summed E-state index contributed by atoms with van der Waals surface area (Å²) in [4.78, 5) is 22.8. The Morgan fingerprint density at radius 1 is 0.966 bits per heavy atom. The smallest absolute Gasteiger partial charge is 0.325 e. The lowest BCUT2D eigenvalue weighted by atomic mass is 10.1. The van der Waals surface area contributed by atoms with E-state index in [4.69, 9.17) is 9.47 Å². The van der Waals surface area contributed by atoms with Gasteiger partial charge in [-0.1, -0.05) is 12.1 Å². The molecule has 0 radical (unpaired) electrons. The lowest BCUT2D eigenvalue weighted by molar-refractivity contribution is -0.141. The van der Waals surface area contributed by atoms with Crippen molar-refractivity contribution < 1.29 is 32.2 Å². The maximum atomic E-state index is 12.7. The van der Waals surface area contributed by atoms with Crippen LogP contribution >= 0.6 is 0 Å². The normalized spacial score (nSPS) is 10.7. The maximum absolute atomic E-state index is 12.7. The first-order valence-corrected chi connectivity index (χ1v) is 9.94. The summed E-state index contributed by atoms with van der Waals surface area (Å²) in [7, 11) is 0.112. The number of hydrogen-bond donors (Lipinski definition) is 2. The lowest BCUT2D eigenvalue weighted by Crippen LogP contribution is -2.31. The molecule has 0 bridgehead atoms. The predicted molar refractivity (Wildman–Crippen MR) is 106 cm³/mol. The zero-order valence-electron chi connectivity index (χ0n) is 16.2. The third-order valence-electron chi connectivity index (χ3n) is 3.89. The number of hydrogen-bond acceptors (Lipinski definition) is 7. The summed E-state index contributed by atoms with van der Waals surface area (Å²) in [6, 6.07) is 10.7. The monoisotopic (exact) mass is 422 g/mol. The Labute approximate surface area is 169 Å². The Morgan fingerprint density at radius 3 is 2.24 bits per heavy atom. The Morgan fingerprint density at radius 2 is 1.66 bits per heavy atom. The predicted octanol–water partition coefficient (Wildman–Crippen LogP) is 1.34. The third-order valence-corrected chi connectivity index (χ3v) is 5.29. The van der Waals surface area contributed by atoms with Gasteiger partial charge in [-0.05, 0) is 29.8 Å². The zero-order valence-corrected chi connectivity index (χ0v) is 17.0. The highest BCUT2D eigenvalue weighted by Crippen LogP contribution is 2.29. The van der Waals surface area contributed by atoms with Gasteiger partial charge in [0, 0.05) is 11.8 Å². The van der Waals surface area contributed by atoms with E-state index in [9.17, 15) is 18.0 Å². The summed E-state index contributed by atoms with van der Waals surface area (Å²) in [5.41, 5.74) is 0.961. The van der Waals surface area contributed by atoms with Crippen molar-refractivity contribution in [1.82, 2.24) is 5.32 Å². The molecule has 0 unspecified atom stereocenters. The van der Waals surface area contributed by atoms with Gasteiger partial charge in [0.2, 0.25) is 5.91 Å². The van der Waals surface area contributed by atoms with Crippen molar-refractivity contribution in [3.63, 3.8) is 0 Å². The average Bonchev–Trinajstić information content (AvgIpc) is 2.72. The molecule has 0 aliphatic rings. The van der Waals surface area contributed by atoms with Crippen LogP contribution in [-0.2, 0) is 30.8 Å². The molecule has 10 heteroatoms. The molecule has 0 fully saturated rings. The second-order valence-electron chi connectivity index (χ2n) is 5.85. The quantitative estimate of drug-likeness (QED) is 0.585. The van der Waals surface area contributed by atoms with Gasteiger partial charge in [-0.25, -0.2) is 8.42 Å². The van der Waals surface area contributed by atoms with E-state index >= 15 is 0 Å². The number of benzene rings is 2. The average molecular weight is 422 g/mol. The summed E-state index contributed by atoms with van der Waals surface area (Å²) in [6.07, 6.45) is 0.0354. The van der Waals surface area contributed by atoms with E-state index in [1.54, 1.807) is 18.2 Å². The van der Waals surface area contributed by atoms with Crippen molar-refractivity contribution >= 4 is 27.6 Å². The molecule has 0 saturated carbocycles. The highest BCUT2D eigenvalue weighted by Gasteiger charge is 2.21. The fourth-order valence-corrected chi connectivity index (χ4v) is 3.63. The summed E-state index contributed by atoms with van der Waals surface area (Å²) in [6.45, 7) is -0.213. The minimum Gasteiger partial charge on any atom is -0.497 e. The maximum Gasteiger partial charge on any atom is 0.325 e. The van der Waals surface area contributed by atoms with E-state index in [0.717, 1.165) is 0 Å². The molecular formula is C19H22N2O7S. The highest BCUT2D eigenvalue weighted by molar-refractivity contribution is 7.92. The number of ether oxygens (including phenoxy) is 3. The molecule has 2 aromatic rings. The van der Waals surface area contributed by atoms with Crippen LogP contribution in [0.25, 0.3) is 0 Å². The molecule has 0 saturated heterocycles. The van der Waals surface area contributed by atoms with Crippen molar-refractivity contribution in [1.29, 1.82) is 0 Å². The molecule has 156 valence electrons. The van der Waals surface area contributed by atoms with E-state index in [1.165, 1.54) is 45.6 Å². The van der Waals surface area contributed by atoms with Crippen LogP contribution in [0.1, 0.15) is 5.56 Å². The SMILES string of the molecule is COC(=O)CNC(=O)Cc1ccc(NS(=O)(=O)c2cc(OC)ccc2OC)cc1. The number of carbonyl (C=O) groups excluding carboxylic acids is 2. The summed E-state index contributed by atoms with van der Waals surface area (Å²) in [5.74, 6) is -0.349. The second-order valence-corrected chi connectivity index (χ2v) is 7.50. The number of carbonyl (C=O) groups is 2. The van der Waals surface area contributed by atoms with Gasteiger partial charge in [0.05, 0.1) is 27.8 Å². The second kappa shape index (κ2) is 9.78. The van der Waals surface area contributed by atoms with Crippen LogP contribution in [0.2, 0.25) is 0 Å². The lowest BCUT2D eigenvalue weighted by Gasteiger charge is -2.13. The summed E-state index contributed by atoms with van der Waals surface area (Å²) in [5, 5.41) is 2.43. The summed E-state index contributed by atoms with van der Waals surface area (Å²) < 4.78 is 42.6. The Hall–Kier alpha value is -3.27. The molecule has 0 atom stereocenters. The molecule has 29 heavy (non-hydrogen) atoms. The van der Waals surface area contributed by atoms with E-state index in [2.05, 4.69) is 14.8 Å². The number of sulfonamides is 1. The first-order chi connectivity index (χ1) is 13.8. The number of rotatable bonds is 9. The number of nitrogens with one attached hydrogen (secondary N) is 2. The Kier molecular flexibility index (Phi) is 7.43. The first-order valence-electron chi connectivity index (χ1n) is 8.46. The van der Waals surface area contributed by atoms with Gasteiger partial charge in [-0.2, -0.15) is 0 Å². The molecular weight excluding hydrogens is 400 g/mol. The van der Waals surface area contributed by atoms with Gasteiger partial charge in [0.1, 0.15) is 22.9 Å². The molecule has 1 amide bonds. The van der Waals surface area contributed by atoms with Gasteiger partial charge in [-0.15, -0.1) is 0 Å². The molecule has 9 nitrogen and oxygen atoms in total. The van der Waals surface area contributed by atoms with Crippen molar-refractivity contribution in [2.24, 2.45) is 0 Å². The van der Waals surface area contributed by atoms with Crippen LogP contribution in [0.5, 0.6) is 11.5 Å². The van der Waals surface area contributed by atoms with Gasteiger partial charge in [0.25, 0.3) is 10.0 Å². The standard InChI is InChI=1S/C19H22N2O7S/c1-26-15-8-9-16(27-2)17(11-15)29(24,25)21-14-6-4-13(5-7-14)10-18(22)20-12-19(23)28-3/h4-9,11,21H,10,12H2,1-3H3,(H,20,22). The van der Waals surface area contributed by atoms with Gasteiger partial charge in [0.15, 0.2) is 0 Å². The van der Waals surface area contributed by atoms with E-state index in [1.807, 2.05) is 0 Å². The fraction of sp³-hybridized carbons (Fsp3) is 0.263. The minimum absolute atomic E-state index is 0.0354. The molecule has 0 spiro atoms. The van der Waals surface area contributed by atoms with E-state index in [0.29, 0.717) is 17.0 Å². The molecule has 0 aliphatic heterocycles. The zero-order chi connectivity index (χ0) is 21.4. The van der Waals surface area contributed by atoms with Crippen LogP contribution < -0.4 is 19.5 Å². The number of methoxy groups -OCH3 is 3. The van der Waals surface area contributed by atoms with Gasteiger partial charge in [-0.3, -0.25) is 14.3 Å². The van der Waals surface area contributed by atoms with Gasteiger partial charge >= 0.3 is 5.97 Å². The minimum atomic E-state index is -3.93. The summed E-state index contributed by atoms with van der Waals surface area (Å²) >= 11 is 0. The number of esters is 1. The fourth-order valence-electron chi connectivity index (χ4n) is 2.39. The Balaban J connectivity index is 2.09. The van der Waals surface area contributed by atoms with Crippen LogP contribution in [0.15, 0.2) is 47.4 Å². The molecule has 2 N–H and O–H groups in total. The first kappa shape index (κ1) is 22.0. The molecule has 2 aromatic carbocycles. The van der Waals surface area contributed by atoms with Crippen LogP contribution in [-0.4, -0.2) is 48.2 Å². The van der Waals surface area contributed by atoms with Crippen LogP contribution in [0, 0.1) is 0 Å². The topological polar surface area (TPSA) is 120 Å². The van der Waals surface area contributed by atoms with Crippen LogP contribution in [0.3, 0.4) is 0 Å². The molecule has 0 aliphatic carbocycles. The van der Waals surface area contributed by atoms with Crippen molar-refractivity contribution in [3.8, 4) is 11.5 Å².